The quantitative estimate of drug-likeness (QED) is 0.874. The first-order chi connectivity index (χ1) is 9.72. The summed E-state index contributed by atoms with van der Waals surface area (Å²) in [6.45, 7) is 4.88. The van der Waals surface area contributed by atoms with E-state index in [-0.39, 0.29) is 5.91 Å². The Balaban J connectivity index is 2.19. The van der Waals surface area contributed by atoms with E-state index >= 15 is 0 Å². The van der Waals surface area contributed by atoms with Crippen LogP contribution in [0.4, 0.5) is 11.4 Å². The number of nitrogens with one attached hydrogen (secondary N) is 2. The summed E-state index contributed by atoms with van der Waals surface area (Å²) in [7, 11) is 0. The Kier molecular flexibility index (Phi) is 4.71. The van der Waals surface area contributed by atoms with Crippen molar-refractivity contribution in [3.05, 3.63) is 53.9 Å². The fraction of sp³-hybridized carbons (Fsp3) is 0.250. The Bertz CT molecular complexity index is 596. The fourth-order valence-corrected chi connectivity index (χ4v) is 1.88. The maximum Gasteiger partial charge on any atom is 0.257 e. The lowest BCUT2D eigenvalue weighted by molar-refractivity contribution is 0.102. The van der Waals surface area contributed by atoms with Gasteiger partial charge in [0.2, 0.25) is 0 Å². The predicted octanol–water partition coefficient (Wildman–Crippen LogP) is 3.46. The highest BCUT2D eigenvalue weighted by atomic mass is 16.1. The molecule has 2 N–H and O–H groups in total. The van der Waals surface area contributed by atoms with Crippen LogP contribution < -0.4 is 10.6 Å². The third-order valence-corrected chi connectivity index (χ3v) is 3.02. The summed E-state index contributed by atoms with van der Waals surface area (Å²) in [6, 6.07) is 9.39. The first-order valence-corrected chi connectivity index (χ1v) is 6.77. The SMILES string of the molecule is CCCNc1ccccc1C(=O)Nc1cnccc1C. The van der Waals surface area contributed by atoms with Crippen LogP contribution >= 0.6 is 0 Å². The second-order valence-corrected chi connectivity index (χ2v) is 4.62. The number of carbonyl (C=O) groups excluding carboxylic acids is 1. The van der Waals surface area contributed by atoms with Gasteiger partial charge in [-0.15, -0.1) is 0 Å². The highest BCUT2D eigenvalue weighted by Gasteiger charge is 2.11. The predicted molar refractivity (Wildman–Crippen MR) is 82.1 cm³/mol. The Hall–Kier alpha value is -2.36. The van der Waals surface area contributed by atoms with Gasteiger partial charge in [0, 0.05) is 18.4 Å². The van der Waals surface area contributed by atoms with Crippen molar-refractivity contribution in [2.75, 3.05) is 17.2 Å². The van der Waals surface area contributed by atoms with Gasteiger partial charge in [-0.2, -0.15) is 0 Å². The van der Waals surface area contributed by atoms with Crippen LogP contribution in [0.3, 0.4) is 0 Å². The van der Waals surface area contributed by atoms with Gasteiger partial charge in [-0.1, -0.05) is 19.1 Å². The van der Waals surface area contributed by atoms with E-state index in [0.717, 1.165) is 29.9 Å². The molecule has 1 heterocycles. The number of carbonyl (C=O) groups is 1. The number of anilines is 2. The van der Waals surface area contributed by atoms with E-state index in [2.05, 4.69) is 22.5 Å². The minimum absolute atomic E-state index is 0.125. The van der Waals surface area contributed by atoms with Gasteiger partial charge in [0.15, 0.2) is 0 Å². The van der Waals surface area contributed by atoms with E-state index in [4.69, 9.17) is 0 Å². The molecule has 0 fully saturated rings. The van der Waals surface area contributed by atoms with Gasteiger partial charge >= 0.3 is 0 Å². The maximum absolute atomic E-state index is 12.4. The minimum atomic E-state index is -0.125. The molecule has 0 aliphatic rings. The molecule has 2 aromatic rings. The smallest absolute Gasteiger partial charge is 0.257 e. The third-order valence-electron chi connectivity index (χ3n) is 3.02. The zero-order valence-electron chi connectivity index (χ0n) is 11.8. The summed E-state index contributed by atoms with van der Waals surface area (Å²) in [6.07, 6.45) is 4.38. The Morgan fingerprint density at radius 3 is 2.75 bits per heavy atom. The molecule has 1 amide bonds. The van der Waals surface area contributed by atoms with Gasteiger partial charge < -0.3 is 10.6 Å². The molecule has 4 nitrogen and oxygen atoms in total. The van der Waals surface area contributed by atoms with Crippen LogP contribution in [0.5, 0.6) is 0 Å². The van der Waals surface area contributed by atoms with Crippen LogP contribution in [0.2, 0.25) is 0 Å². The lowest BCUT2D eigenvalue weighted by atomic mass is 10.1. The topological polar surface area (TPSA) is 54.0 Å². The van der Waals surface area contributed by atoms with E-state index < -0.39 is 0 Å². The van der Waals surface area contributed by atoms with Crippen LogP contribution in [0.1, 0.15) is 29.3 Å². The molecule has 20 heavy (non-hydrogen) atoms. The summed E-state index contributed by atoms with van der Waals surface area (Å²) in [5.41, 5.74) is 3.23. The van der Waals surface area contributed by atoms with Gasteiger partial charge in [-0.3, -0.25) is 9.78 Å². The Labute approximate surface area is 119 Å². The number of hydrogen-bond donors (Lipinski definition) is 2. The summed E-state index contributed by atoms with van der Waals surface area (Å²) in [5, 5.41) is 6.17. The van der Waals surface area contributed by atoms with Gasteiger partial charge in [0.05, 0.1) is 17.4 Å². The molecule has 0 saturated heterocycles. The second-order valence-electron chi connectivity index (χ2n) is 4.62. The molecule has 0 aliphatic heterocycles. The average Bonchev–Trinajstić information content (AvgIpc) is 2.47. The first kappa shape index (κ1) is 14.1. The van der Waals surface area contributed by atoms with Crippen LogP contribution in [-0.2, 0) is 0 Å². The van der Waals surface area contributed by atoms with Crippen molar-refractivity contribution in [3.8, 4) is 0 Å². The van der Waals surface area contributed by atoms with Crippen LogP contribution in [-0.4, -0.2) is 17.4 Å². The number of benzene rings is 1. The van der Waals surface area contributed by atoms with Crippen molar-refractivity contribution >= 4 is 17.3 Å². The second kappa shape index (κ2) is 6.70. The molecule has 0 radical (unpaired) electrons. The molecule has 2 rings (SSSR count). The van der Waals surface area contributed by atoms with Crippen LogP contribution in [0.25, 0.3) is 0 Å². The van der Waals surface area contributed by atoms with Gasteiger partial charge in [0.25, 0.3) is 5.91 Å². The maximum atomic E-state index is 12.4. The first-order valence-electron chi connectivity index (χ1n) is 6.77. The molecular weight excluding hydrogens is 250 g/mol. The van der Waals surface area contributed by atoms with Crippen molar-refractivity contribution in [3.63, 3.8) is 0 Å². The molecule has 0 aliphatic carbocycles. The monoisotopic (exact) mass is 269 g/mol. The molecular formula is C16H19N3O. The van der Waals surface area contributed by atoms with Crippen molar-refractivity contribution in [2.24, 2.45) is 0 Å². The van der Waals surface area contributed by atoms with E-state index in [9.17, 15) is 4.79 Å². The molecule has 0 spiro atoms. The highest BCUT2D eigenvalue weighted by molar-refractivity contribution is 6.08. The molecule has 0 unspecified atom stereocenters. The zero-order valence-corrected chi connectivity index (χ0v) is 11.8. The van der Waals surface area contributed by atoms with Crippen molar-refractivity contribution in [2.45, 2.75) is 20.3 Å². The number of para-hydroxylation sites is 1. The van der Waals surface area contributed by atoms with Crippen molar-refractivity contribution in [1.82, 2.24) is 4.98 Å². The third kappa shape index (κ3) is 3.35. The number of aryl methyl sites for hydroxylation is 1. The molecule has 0 bridgehead atoms. The summed E-state index contributed by atoms with van der Waals surface area (Å²) in [4.78, 5) is 16.4. The number of amides is 1. The van der Waals surface area contributed by atoms with Crippen molar-refractivity contribution < 1.29 is 4.79 Å². The number of nitrogens with zero attached hydrogens (tertiary/aromatic N) is 1. The number of hydrogen-bond acceptors (Lipinski definition) is 3. The Morgan fingerprint density at radius 2 is 2.00 bits per heavy atom. The number of rotatable bonds is 5. The number of aromatic nitrogens is 1. The van der Waals surface area contributed by atoms with Gasteiger partial charge in [-0.05, 0) is 37.1 Å². The van der Waals surface area contributed by atoms with Crippen LogP contribution in [0, 0.1) is 6.92 Å². The normalized spacial score (nSPS) is 10.1. The zero-order chi connectivity index (χ0) is 14.4. The standard InChI is InChI=1S/C16H19N3O/c1-3-9-18-14-7-5-4-6-13(14)16(20)19-15-11-17-10-8-12(15)2/h4-8,10-11,18H,3,9H2,1-2H3,(H,19,20). The Morgan fingerprint density at radius 1 is 1.20 bits per heavy atom. The molecule has 104 valence electrons. The lowest BCUT2D eigenvalue weighted by Gasteiger charge is -2.12. The van der Waals surface area contributed by atoms with E-state index in [1.165, 1.54) is 0 Å². The molecule has 0 atom stereocenters. The molecule has 4 heteroatoms. The van der Waals surface area contributed by atoms with Crippen molar-refractivity contribution in [1.29, 1.82) is 0 Å². The minimum Gasteiger partial charge on any atom is -0.384 e. The average molecular weight is 269 g/mol. The summed E-state index contributed by atoms with van der Waals surface area (Å²) in [5.74, 6) is -0.125. The lowest BCUT2D eigenvalue weighted by Crippen LogP contribution is -2.15. The molecule has 1 aromatic carbocycles. The van der Waals surface area contributed by atoms with E-state index in [0.29, 0.717) is 5.56 Å². The largest absolute Gasteiger partial charge is 0.384 e. The summed E-state index contributed by atoms with van der Waals surface area (Å²) < 4.78 is 0. The van der Waals surface area contributed by atoms with Gasteiger partial charge in [0.1, 0.15) is 0 Å². The van der Waals surface area contributed by atoms with E-state index in [1.807, 2.05) is 37.3 Å². The summed E-state index contributed by atoms with van der Waals surface area (Å²) >= 11 is 0. The number of pyridine rings is 1. The highest BCUT2D eigenvalue weighted by Crippen LogP contribution is 2.18. The van der Waals surface area contributed by atoms with E-state index in [1.54, 1.807) is 12.4 Å². The van der Waals surface area contributed by atoms with Gasteiger partial charge in [-0.25, -0.2) is 0 Å². The molecule has 0 saturated carbocycles. The molecule has 1 aromatic heterocycles. The fourth-order valence-electron chi connectivity index (χ4n) is 1.88. The van der Waals surface area contributed by atoms with Crippen LogP contribution in [0.15, 0.2) is 42.7 Å².